The lowest BCUT2D eigenvalue weighted by Gasteiger charge is -2.49. The summed E-state index contributed by atoms with van der Waals surface area (Å²) < 4.78 is 23.9. The minimum atomic E-state index is -2.01. The molecule has 12 heteroatoms. The van der Waals surface area contributed by atoms with Crippen molar-refractivity contribution in [2.24, 2.45) is 23.7 Å². The number of hydrogen-bond donors (Lipinski definition) is 3. The molecule has 2 saturated heterocycles. The fraction of sp³-hybridized carbons (Fsp3) is 0.829. The summed E-state index contributed by atoms with van der Waals surface area (Å²) in [6.07, 6.45) is 0.0801. The number of cyclic esters (lactones) is 1. The molecule has 2 aliphatic rings. The number of terminal acetylenes is 1. The summed E-state index contributed by atoms with van der Waals surface area (Å²) in [6.45, 7) is 12.6. The van der Waals surface area contributed by atoms with Crippen molar-refractivity contribution in [3.05, 3.63) is 0 Å². The van der Waals surface area contributed by atoms with E-state index in [-0.39, 0.29) is 31.4 Å². The number of ether oxygens (including phenoxy) is 4. The number of nitrogens with zero attached hydrogens (tertiary/aromatic N) is 1. The monoisotopic (exact) mass is 667 g/mol. The third-order valence-corrected chi connectivity index (χ3v) is 10.3. The third kappa shape index (κ3) is 9.19. The number of carbonyl (C=O) groups is 4. The van der Waals surface area contributed by atoms with Crippen molar-refractivity contribution in [2.75, 3.05) is 20.7 Å². The second-order valence-electron chi connectivity index (χ2n) is 13.9. The van der Waals surface area contributed by atoms with E-state index < -0.39 is 88.9 Å². The molecule has 47 heavy (non-hydrogen) atoms. The number of aliphatic hydroxyl groups is 3. The van der Waals surface area contributed by atoms with Crippen molar-refractivity contribution < 1.29 is 53.4 Å². The van der Waals surface area contributed by atoms with Crippen LogP contribution in [0.2, 0.25) is 0 Å². The number of likely N-dealkylation sites (N-methyl/N-ethyl adjacent to an activating group) is 1. The Hall–Kier alpha value is -2.40. The summed E-state index contributed by atoms with van der Waals surface area (Å²) in [6, 6.07) is -0.303. The fourth-order valence-corrected chi connectivity index (χ4v) is 7.35. The topological polar surface area (TPSA) is 169 Å². The highest BCUT2D eigenvalue weighted by molar-refractivity contribution is 6.00. The van der Waals surface area contributed by atoms with E-state index in [4.69, 9.17) is 25.4 Å². The highest BCUT2D eigenvalue weighted by Crippen LogP contribution is 2.41. The van der Waals surface area contributed by atoms with E-state index in [0.717, 1.165) is 0 Å². The lowest BCUT2D eigenvalue weighted by Crippen LogP contribution is -2.61. The highest BCUT2D eigenvalue weighted by Gasteiger charge is 2.53. The van der Waals surface area contributed by atoms with Gasteiger partial charge in [-0.05, 0) is 47.1 Å². The molecule has 2 aliphatic heterocycles. The Balaban J connectivity index is 2.70. The van der Waals surface area contributed by atoms with Crippen LogP contribution in [0.5, 0.6) is 0 Å². The normalized spacial score (nSPS) is 41.1. The molecule has 268 valence electrons. The molecule has 0 unspecified atom stereocenters. The maximum absolute atomic E-state index is 13.9. The molecule has 0 spiro atoms. The van der Waals surface area contributed by atoms with Gasteiger partial charge < -0.3 is 34.3 Å². The van der Waals surface area contributed by atoms with Gasteiger partial charge in [0.05, 0.1) is 36.1 Å². The summed E-state index contributed by atoms with van der Waals surface area (Å²) in [5.74, 6) is -4.37. The van der Waals surface area contributed by atoms with E-state index >= 15 is 0 Å². The van der Waals surface area contributed by atoms with Crippen LogP contribution in [-0.2, 0) is 38.1 Å². The number of ketones is 2. The number of hydrogen-bond acceptors (Lipinski definition) is 12. The Bertz CT molecular complexity index is 1150. The summed E-state index contributed by atoms with van der Waals surface area (Å²) in [5, 5.41) is 34.6. The summed E-state index contributed by atoms with van der Waals surface area (Å²) in [7, 11) is 3.24. The Morgan fingerprint density at radius 3 is 2.21 bits per heavy atom. The minimum absolute atomic E-state index is 0.0902. The second-order valence-corrected chi connectivity index (χ2v) is 13.9. The van der Waals surface area contributed by atoms with Gasteiger partial charge in [-0.15, -0.1) is 12.3 Å². The second kappa shape index (κ2) is 16.8. The fourth-order valence-electron chi connectivity index (χ4n) is 7.35. The lowest BCUT2D eigenvalue weighted by atomic mass is 9.71. The van der Waals surface area contributed by atoms with E-state index in [9.17, 15) is 34.5 Å². The van der Waals surface area contributed by atoms with Crippen molar-refractivity contribution >= 4 is 23.5 Å². The van der Waals surface area contributed by atoms with E-state index in [1.54, 1.807) is 13.8 Å². The molecule has 0 aliphatic carbocycles. The van der Waals surface area contributed by atoms with Crippen LogP contribution in [0.3, 0.4) is 0 Å². The van der Waals surface area contributed by atoms with Gasteiger partial charge in [0.1, 0.15) is 29.5 Å². The number of aliphatic hydroxyl groups excluding tert-OH is 2. The summed E-state index contributed by atoms with van der Waals surface area (Å²) in [5.41, 5.74) is -3.64. The average Bonchev–Trinajstić information content (AvgIpc) is 3.03. The van der Waals surface area contributed by atoms with Gasteiger partial charge in [0.15, 0.2) is 5.78 Å². The van der Waals surface area contributed by atoms with Crippen LogP contribution in [0.25, 0.3) is 0 Å². The van der Waals surface area contributed by atoms with Crippen LogP contribution in [0.4, 0.5) is 0 Å². The number of Topliss-reactive ketones (excluding diaryl/α,β-unsaturated/α-hetero) is 2. The predicted molar refractivity (Wildman–Crippen MR) is 173 cm³/mol. The first-order valence-corrected chi connectivity index (χ1v) is 16.7. The predicted octanol–water partition coefficient (Wildman–Crippen LogP) is 2.08. The summed E-state index contributed by atoms with van der Waals surface area (Å²) >= 11 is 0. The number of rotatable bonds is 8. The molecule has 0 saturated carbocycles. The van der Waals surface area contributed by atoms with Crippen LogP contribution in [0, 0.1) is 36.0 Å². The first kappa shape index (κ1) is 40.8. The van der Waals surface area contributed by atoms with Gasteiger partial charge in [-0.3, -0.25) is 24.1 Å². The third-order valence-electron chi connectivity index (χ3n) is 10.3. The van der Waals surface area contributed by atoms with Crippen LogP contribution in [-0.4, -0.2) is 118 Å². The smallest absolute Gasteiger partial charge is 0.316 e. The first-order valence-electron chi connectivity index (χ1n) is 16.7. The Morgan fingerprint density at radius 2 is 1.68 bits per heavy atom. The van der Waals surface area contributed by atoms with Crippen LogP contribution in [0.1, 0.15) is 87.5 Å². The van der Waals surface area contributed by atoms with Gasteiger partial charge in [-0.2, -0.15) is 0 Å². The largest absolute Gasteiger partial charge is 0.459 e. The van der Waals surface area contributed by atoms with Gasteiger partial charge in [0.2, 0.25) is 0 Å². The van der Waals surface area contributed by atoms with E-state index in [0.29, 0.717) is 19.4 Å². The van der Waals surface area contributed by atoms with Gasteiger partial charge in [0.25, 0.3) is 0 Å². The molecule has 0 bridgehead atoms. The van der Waals surface area contributed by atoms with Crippen LogP contribution < -0.4 is 0 Å². The van der Waals surface area contributed by atoms with Gasteiger partial charge in [-0.25, -0.2) is 0 Å². The van der Waals surface area contributed by atoms with Gasteiger partial charge >= 0.3 is 11.9 Å². The molecule has 0 aromatic heterocycles. The maximum Gasteiger partial charge on any atom is 0.316 e. The molecule has 12 nitrogen and oxygen atoms in total. The zero-order chi connectivity index (χ0) is 36.0. The van der Waals surface area contributed by atoms with Crippen molar-refractivity contribution in [2.45, 2.75) is 141 Å². The van der Waals surface area contributed by atoms with Crippen molar-refractivity contribution in [3.63, 3.8) is 0 Å². The molecule has 0 amide bonds. The van der Waals surface area contributed by atoms with E-state index in [1.807, 2.05) is 18.9 Å². The van der Waals surface area contributed by atoms with Crippen molar-refractivity contribution in [1.82, 2.24) is 4.90 Å². The molecule has 2 rings (SSSR count). The van der Waals surface area contributed by atoms with Crippen LogP contribution >= 0.6 is 0 Å². The molecule has 3 N–H and O–H groups in total. The maximum atomic E-state index is 13.9. The Labute approximate surface area is 279 Å². The quantitative estimate of drug-likeness (QED) is 0.196. The molecule has 2 heterocycles. The van der Waals surface area contributed by atoms with Gasteiger partial charge in [-0.1, -0.05) is 27.7 Å². The Kier molecular flexibility index (Phi) is 14.6. The highest BCUT2D eigenvalue weighted by atomic mass is 16.6. The molecule has 0 aromatic carbocycles. The first-order chi connectivity index (χ1) is 21.8. The van der Waals surface area contributed by atoms with Crippen molar-refractivity contribution in [3.8, 4) is 12.3 Å². The SMILES string of the molecule is C#CCCN(C)[C@H]1C[C@@H](C)O[C@@H](C[C@@]2(OC)C[C@@H](C)C(=O)[C@H](C)[C@@H](O)[C@](C)(O)[C@@H](CC)OC(=O)[C@H](C)C(=O)[C@H](C)[C@H]2O)[C@@H]1OC(C)=O. The number of methoxy groups -OCH3 is 1. The summed E-state index contributed by atoms with van der Waals surface area (Å²) in [4.78, 5) is 55.2. The van der Waals surface area contributed by atoms with Gasteiger partial charge in [0, 0.05) is 51.2 Å². The standard InChI is InChI=1S/C35H57NO11/c1-12-14-15-36(10)25-16-20(4)45-26(30(25)46-24(8)37)18-35(44-11)17-19(3)28(38)21(5)31(40)34(9,43)27(13-2)47-33(42)23(7)29(39)22(6)32(35)41/h1,19-23,25-27,30-32,40-41,43H,13-18H2,2-11H3/t19-,20-,21+,22+,23-,25+,26+,27-,30-,31-,32-,34-,35+/m1/s1. The average molecular weight is 668 g/mol. The molecule has 0 radical (unpaired) electrons. The Morgan fingerprint density at radius 1 is 1.09 bits per heavy atom. The molecular weight excluding hydrogens is 610 g/mol. The molecule has 13 atom stereocenters. The molecular formula is C35H57NO11. The number of esters is 2. The van der Waals surface area contributed by atoms with E-state index in [2.05, 4.69) is 5.92 Å². The zero-order valence-electron chi connectivity index (χ0n) is 29.7. The zero-order valence-corrected chi connectivity index (χ0v) is 29.7. The lowest BCUT2D eigenvalue weighted by molar-refractivity contribution is -0.211. The number of carbonyl (C=O) groups excluding carboxylic acids is 4. The van der Waals surface area contributed by atoms with Crippen molar-refractivity contribution in [1.29, 1.82) is 0 Å². The molecule has 2 fully saturated rings. The van der Waals surface area contributed by atoms with E-state index in [1.165, 1.54) is 41.7 Å². The van der Waals surface area contributed by atoms with Crippen LogP contribution in [0.15, 0.2) is 0 Å². The minimum Gasteiger partial charge on any atom is -0.459 e. The molecule has 0 aromatic rings.